The number of ketones is 1. The standard InChI is InChI=1S/C12H13ClOS/c13-11-5-2-9(3-6-11)1-4-10-7-15-8-12(10)14/h2-3,5-6,10H,1,4,7-8H2. The van der Waals surface area contributed by atoms with E-state index in [-0.39, 0.29) is 5.92 Å². The molecule has 1 aliphatic heterocycles. The molecule has 1 heterocycles. The molecular weight excluding hydrogens is 228 g/mol. The second-order valence-corrected chi connectivity index (χ2v) is 5.31. The number of carbonyl (C=O) groups excluding carboxylic acids is 1. The zero-order chi connectivity index (χ0) is 10.7. The normalized spacial score (nSPS) is 20.9. The molecule has 3 heteroatoms. The highest BCUT2D eigenvalue weighted by Crippen LogP contribution is 2.24. The Labute approximate surface area is 99.2 Å². The average molecular weight is 241 g/mol. The number of Topliss-reactive ketones (excluding diaryl/α,β-unsaturated/α-hetero) is 1. The van der Waals surface area contributed by atoms with Gasteiger partial charge < -0.3 is 0 Å². The Balaban J connectivity index is 1.87. The molecule has 0 bridgehead atoms. The van der Waals surface area contributed by atoms with Gasteiger partial charge in [0.25, 0.3) is 0 Å². The van der Waals surface area contributed by atoms with Crippen LogP contribution in [-0.4, -0.2) is 17.3 Å². The van der Waals surface area contributed by atoms with Gasteiger partial charge in [0.05, 0.1) is 5.75 Å². The molecule has 0 N–H and O–H groups in total. The maximum atomic E-state index is 11.4. The number of thioether (sulfide) groups is 1. The van der Waals surface area contributed by atoms with Crippen molar-refractivity contribution in [3.63, 3.8) is 0 Å². The predicted octanol–water partition coefficient (Wildman–Crippen LogP) is 3.20. The quantitative estimate of drug-likeness (QED) is 0.807. The van der Waals surface area contributed by atoms with E-state index in [0.717, 1.165) is 23.6 Å². The van der Waals surface area contributed by atoms with Crippen molar-refractivity contribution in [2.24, 2.45) is 5.92 Å². The molecule has 15 heavy (non-hydrogen) atoms. The van der Waals surface area contributed by atoms with Crippen LogP contribution in [0, 0.1) is 5.92 Å². The molecule has 1 atom stereocenters. The summed E-state index contributed by atoms with van der Waals surface area (Å²) in [6.45, 7) is 0. The second-order valence-electron chi connectivity index (χ2n) is 3.84. The Bertz CT molecular complexity index is 347. The molecule has 0 amide bonds. The van der Waals surface area contributed by atoms with E-state index in [1.54, 1.807) is 11.8 Å². The molecule has 0 spiro atoms. The first-order chi connectivity index (χ1) is 7.25. The first-order valence-corrected chi connectivity index (χ1v) is 6.64. The van der Waals surface area contributed by atoms with E-state index in [4.69, 9.17) is 11.6 Å². The number of rotatable bonds is 3. The van der Waals surface area contributed by atoms with Gasteiger partial charge in [-0.2, -0.15) is 11.8 Å². The van der Waals surface area contributed by atoms with Crippen LogP contribution in [0.1, 0.15) is 12.0 Å². The number of hydrogen-bond donors (Lipinski definition) is 0. The van der Waals surface area contributed by atoms with E-state index in [2.05, 4.69) is 0 Å². The molecule has 1 aromatic rings. The molecule has 1 fully saturated rings. The summed E-state index contributed by atoms with van der Waals surface area (Å²) in [5.41, 5.74) is 1.27. The van der Waals surface area contributed by atoms with Gasteiger partial charge in [-0.1, -0.05) is 23.7 Å². The molecule has 1 unspecified atom stereocenters. The highest BCUT2D eigenvalue weighted by atomic mass is 35.5. The Hall–Kier alpha value is -0.470. The van der Waals surface area contributed by atoms with Crippen LogP contribution >= 0.6 is 23.4 Å². The third kappa shape index (κ3) is 2.99. The highest BCUT2D eigenvalue weighted by Gasteiger charge is 2.24. The molecule has 80 valence electrons. The fraction of sp³-hybridized carbons (Fsp3) is 0.417. The second kappa shape index (κ2) is 5.04. The summed E-state index contributed by atoms with van der Waals surface area (Å²) in [7, 11) is 0. The van der Waals surface area contributed by atoms with Gasteiger partial charge in [-0.25, -0.2) is 0 Å². The van der Waals surface area contributed by atoms with Crippen LogP contribution < -0.4 is 0 Å². The van der Waals surface area contributed by atoms with Gasteiger partial charge in [0.15, 0.2) is 0 Å². The van der Waals surface area contributed by atoms with Crippen molar-refractivity contribution in [2.45, 2.75) is 12.8 Å². The van der Waals surface area contributed by atoms with Crippen LogP contribution in [0.5, 0.6) is 0 Å². The average Bonchev–Trinajstić information content (AvgIpc) is 2.63. The van der Waals surface area contributed by atoms with Crippen LogP contribution in [0.15, 0.2) is 24.3 Å². The lowest BCUT2D eigenvalue weighted by atomic mass is 9.98. The van der Waals surface area contributed by atoms with Gasteiger partial charge >= 0.3 is 0 Å². The number of hydrogen-bond acceptors (Lipinski definition) is 2. The van der Waals surface area contributed by atoms with Gasteiger partial charge in [-0.3, -0.25) is 4.79 Å². The van der Waals surface area contributed by atoms with E-state index in [0.29, 0.717) is 11.5 Å². The maximum absolute atomic E-state index is 11.4. The van der Waals surface area contributed by atoms with Crippen molar-refractivity contribution in [1.29, 1.82) is 0 Å². The lowest BCUT2D eigenvalue weighted by Gasteiger charge is -2.06. The summed E-state index contributed by atoms with van der Waals surface area (Å²) in [5.74, 6) is 2.43. The highest BCUT2D eigenvalue weighted by molar-refractivity contribution is 8.00. The molecule has 1 aliphatic rings. The lowest BCUT2D eigenvalue weighted by molar-refractivity contribution is -0.119. The summed E-state index contributed by atoms with van der Waals surface area (Å²) in [6.07, 6.45) is 1.96. The first kappa shape index (κ1) is 11.0. The zero-order valence-electron chi connectivity index (χ0n) is 8.41. The van der Waals surface area contributed by atoms with Crippen LogP contribution in [-0.2, 0) is 11.2 Å². The van der Waals surface area contributed by atoms with Gasteiger partial charge in [-0.15, -0.1) is 0 Å². The van der Waals surface area contributed by atoms with E-state index >= 15 is 0 Å². The third-order valence-corrected chi connectivity index (χ3v) is 4.09. The molecule has 1 saturated heterocycles. The van der Waals surface area contributed by atoms with E-state index < -0.39 is 0 Å². The molecule has 0 saturated carbocycles. The monoisotopic (exact) mass is 240 g/mol. The molecule has 1 nitrogen and oxygen atoms in total. The van der Waals surface area contributed by atoms with Crippen molar-refractivity contribution in [3.8, 4) is 0 Å². The summed E-state index contributed by atoms with van der Waals surface area (Å²) < 4.78 is 0. The molecular formula is C12H13ClOS. The number of aryl methyl sites for hydroxylation is 1. The molecule has 1 aromatic carbocycles. The van der Waals surface area contributed by atoms with Crippen molar-refractivity contribution in [2.75, 3.05) is 11.5 Å². The summed E-state index contributed by atoms with van der Waals surface area (Å²) in [5, 5.41) is 0.770. The molecule has 0 aliphatic carbocycles. The predicted molar refractivity (Wildman–Crippen MR) is 65.6 cm³/mol. The third-order valence-electron chi connectivity index (χ3n) is 2.71. The van der Waals surface area contributed by atoms with Crippen LogP contribution in [0.4, 0.5) is 0 Å². The van der Waals surface area contributed by atoms with Gasteiger partial charge in [-0.05, 0) is 30.5 Å². The van der Waals surface area contributed by atoms with Gasteiger partial charge in [0.2, 0.25) is 0 Å². The first-order valence-electron chi connectivity index (χ1n) is 5.10. The van der Waals surface area contributed by atoms with E-state index in [1.807, 2.05) is 24.3 Å². The van der Waals surface area contributed by atoms with E-state index in [9.17, 15) is 4.79 Å². The largest absolute Gasteiger partial charge is 0.298 e. The Morgan fingerprint density at radius 2 is 2.07 bits per heavy atom. The minimum atomic E-state index is 0.283. The topological polar surface area (TPSA) is 17.1 Å². The minimum Gasteiger partial charge on any atom is -0.298 e. The lowest BCUT2D eigenvalue weighted by Crippen LogP contribution is -2.11. The van der Waals surface area contributed by atoms with Crippen LogP contribution in [0.25, 0.3) is 0 Å². The van der Waals surface area contributed by atoms with Gasteiger partial charge in [0, 0.05) is 16.7 Å². The van der Waals surface area contributed by atoms with Gasteiger partial charge in [0.1, 0.15) is 5.78 Å². The summed E-state index contributed by atoms with van der Waals surface area (Å²) in [4.78, 5) is 11.4. The Morgan fingerprint density at radius 3 is 2.67 bits per heavy atom. The zero-order valence-corrected chi connectivity index (χ0v) is 9.98. The van der Waals surface area contributed by atoms with Crippen molar-refractivity contribution in [3.05, 3.63) is 34.9 Å². The van der Waals surface area contributed by atoms with Crippen molar-refractivity contribution < 1.29 is 4.79 Å². The molecule has 2 rings (SSSR count). The van der Waals surface area contributed by atoms with Crippen molar-refractivity contribution in [1.82, 2.24) is 0 Å². The van der Waals surface area contributed by atoms with E-state index in [1.165, 1.54) is 5.56 Å². The number of halogens is 1. The summed E-state index contributed by atoms with van der Waals surface area (Å²) in [6, 6.07) is 7.88. The van der Waals surface area contributed by atoms with Crippen LogP contribution in [0.2, 0.25) is 5.02 Å². The molecule has 0 aromatic heterocycles. The molecule has 0 radical (unpaired) electrons. The van der Waals surface area contributed by atoms with Crippen LogP contribution in [0.3, 0.4) is 0 Å². The van der Waals surface area contributed by atoms with Crippen molar-refractivity contribution >= 4 is 29.1 Å². The number of benzene rings is 1. The maximum Gasteiger partial charge on any atom is 0.146 e. The fourth-order valence-electron chi connectivity index (χ4n) is 1.75. The SMILES string of the molecule is O=C1CSCC1CCc1ccc(Cl)cc1. The smallest absolute Gasteiger partial charge is 0.146 e. The number of carbonyl (C=O) groups is 1. The Kier molecular flexibility index (Phi) is 3.71. The minimum absolute atomic E-state index is 0.283. The fourth-order valence-corrected chi connectivity index (χ4v) is 3.07. The summed E-state index contributed by atoms with van der Waals surface area (Å²) >= 11 is 7.56. The Morgan fingerprint density at radius 1 is 1.33 bits per heavy atom.